The van der Waals surface area contributed by atoms with Crippen molar-refractivity contribution in [3.8, 4) is 0 Å². The van der Waals surface area contributed by atoms with Crippen LogP contribution in [0, 0.1) is 23.7 Å². The highest BCUT2D eigenvalue weighted by molar-refractivity contribution is 4.82. The molecule has 0 bridgehead atoms. The summed E-state index contributed by atoms with van der Waals surface area (Å²) >= 11 is 0. The first-order chi connectivity index (χ1) is 9.24. The van der Waals surface area contributed by atoms with Crippen molar-refractivity contribution in [3.63, 3.8) is 0 Å². The summed E-state index contributed by atoms with van der Waals surface area (Å²) in [5, 5.41) is 0. The smallest absolute Gasteiger partial charge is 0.0383 e. The molecule has 0 radical (unpaired) electrons. The molecular weight excluding hydrogens is 228 g/mol. The number of hydrogen-bond acceptors (Lipinski definition) is 0. The molecule has 1 aliphatic rings. The lowest BCUT2D eigenvalue weighted by Gasteiger charge is -2.27. The molecular formula is C19H38. The first-order valence-electron chi connectivity index (χ1n) is 9.24. The maximum Gasteiger partial charge on any atom is -0.0383 e. The van der Waals surface area contributed by atoms with Gasteiger partial charge in [0.25, 0.3) is 0 Å². The van der Waals surface area contributed by atoms with Crippen LogP contribution in [0.3, 0.4) is 0 Å². The Hall–Kier alpha value is 0. The van der Waals surface area contributed by atoms with Crippen molar-refractivity contribution in [1.29, 1.82) is 0 Å². The van der Waals surface area contributed by atoms with Gasteiger partial charge in [-0.05, 0) is 42.9 Å². The molecule has 0 aromatic rings. The van der Waals surface area contributed by atoms with Crippen LogP contribution in [0.5, 0.6) is 0 Å². The van der Waals surface area contributed by atoms with Gasteiger partial charge in [0.15, 0.2) is 0 Å². The highest BCUT2D eigenvalue weighted by Crippen LogP contribution is 2.42. The fourth-order valence-electron chi connectivity index (χ4n) is 4.26. The van der Waals surface area contributed by atoms with E-state index >= 15 is 0 Å². The molecule has 1 rings (SSSR count). The number of hydrogen-bond donors (Lipinski definition) is 0. The Morgan fingerprint density at radius 3 is 2.26 bits per heavy atom. The monoisotopic (exact) mass is 266 g/mol. The molecule has 19 heavy (non-hydrogen) atoms. The molecule has 1 aliphatic carbocycles. The van der Waals surface area contributed by atoms with Gasteiger partial charge in [-0.15, -0.1) is 0 Å². The summed E-state index contributed by atoms with van der Waals surface area (Å²) in [4.78, 5) is 0. The van der Waals surface area contributed by atoms with E-state index in [0.29, 0.717) is 0 Å². The van der Waals surface area contributed by atoms with Gasteiger partial charge >= 0.3 is 0 Å². The Morgan fingerprint density at radius 1 is 0.947 bits per heavy atom. The average molecular weight is 267 g/mol. The van der Waals surface area contributed by atoms with Crippen molar-refractivity contribution in [3.05, 3.63) is 0 Å². The molecule has 0 heterocycles. The first-order valence-corrected chi connectivity index (χ1v) is 9.24. The molecule has 114 valence electrons. The second-order valence-corrected chi connectivity index (χ2v) is 7.05. The maximum atomic E-state index is 2.38. The van der Waals surface area contributed by atoms with E-state index in [9.17, 15) is 0 Å². The predicted molar refractivity (Wildman–Crippen MR) is 87.4 cm³/mol. The van der Waals surface area contributed by atoms with E-state index in [1.165, 1.54) is 57.8 Å². The lowest BCUT2D eigenvalue weighted by molar-refractivity contribution is 0.238. The summed E-state index contributed by atoms with van der Waals surface area (Å²) in [5.74, 6) is 4.18. The molecule has 0 nitrogen and oxygen atoms in total. The standard InChI is InChI=1S/C19H38/c1-5-9-11-17-12-13-19(15-17)18(10-6-2)14-16(7-3)8-4/h16-19H,5-15H2,1-4H3. The molecule has 0 heteroatoms. The minimum Gasteiger partial charge on any atom is -0.0654 e. The van der Waals surface area contributed by atoms with Crippen LogP contribution in [0.2, 0.25) is 0 Å². The molecule has 0 aliphatic heterocycles. The largest absolute Gasteiger partial charge is 0.0654 e. The van der Waals surface area contributed by atoms with E-state index in [1.54, 1.807) is 12.8 Å². The van der Waals surface area contributed by atoms with Gasteiger partial charge in [0.1, 0.15) is 0 Å². The molecule has 0 aromatic heterocycles. The fraction of sp³-hybridized carbons (Fsp3) is 1.00. The lowest BCUT2D eigenvalue weighted by atomic mass is 9.79. The van der Waals surface area contributed by atoms with E-state index in [0.717, 1.165) is 23.7 Å². The SMILES string of the molecule is CCCCC1CCC(C(CCC)CC(CC)CC)C1. The molecule has 0 spiro atoms. The predicted octanol–water partition coefficient (Wildman–Crippen LogP) is 6.84. The normalized spacial score (nSPS) is 25.1. The van der Waals surface area contributed by atoms with Crippen molar-refractivity contribution in [1.82, 2.24) is 0 Å². The molecule has 3 unspecified atom stereocenters. The fourth-order valence-corrected chi connectivity index (χ4v) is 4.26. The Morgan fingerprint density at radius 2 is 1.68 bits per heavy atom. The van der Waals surface area contributed by atoms with E-state index in [4.69, 9.17) is 0 Å². The van der Waals surface area contributed by atoms with E-state index in [1.807, 2.05) is 0 Å². The second kappa shape index (κ2) is 9.83. The topological polar surface area (TPSA) is 0 Å². The molecule has 0 aromatic carbocycles. The zero-order valence-corrected chi connectivity index (χ0v) is 14.1. The molecule has 0 N–H and O–H groups in total. The number of unbranched alkanes of at least 4 members (excludes halogenated alkanes) is 1. The zero-order valence-electron chi connectivity index (χ0n) is 14.1. The van der Waals surface area contributed by atoms with Gasteiger partial charge in [0.05, 0.1) is 0 Å². The van der Waals surface area contributed by atoms with Gasteiger partial charge in [-0.25, -0.2) is 0 Å². The van der Waals surface area contributed by atoms with Gasteiger partial charge in [0, 0.05) is 0 Å². The third-order valence-electron chi connectivity index (χ3n) is 5.66. The Balaban J connectivity index is 2.43. The maximum absolute atomic E-state index is 2.38. The Bertz CT molecular complexity index is 204. The molecule has 1 fully saturated rings. The van der Waals surface area contributed by atoms with Gasteiger partial charge in [-0.1, -0.05) is 79.1 Å². The van der Waals surface area contributed by atoms with Crippen LogP contribution in [0.4, 0.5) is 0 Å². The van der Waals surface area contributed by atoms with Crippen molar-refractivity contribution in [2.45, 2.75) is 98.3 Å². The molecule has 0 amide bonds. The van der Waals surface area contributed by atoms with E-state index in [2.05, 4.69) is 27.7 Å². The minimum absolute atomic E-state index is 0.992. The summed E-state index contributed by atoms with van der Waals surface area (Å²) in [6, 6.07) is 0. The van der Waals surface area contributed by atoms with Gasteiger partial charge in [-0.2, -0.15) is 0 Å². The summed E-state index contributed by atoms with van der Waals surface area (Å²) in [6.45, 7) is 9.48. The minimum atomic E-state index is 0.992. The van der Waals surface area contributed by atoms with Gasteiger partial charge < -0.3 is 0 Å². The second-order valence-electron chi connectivity index (χ2n) is 7.05. The highest BCUT2D eigenvalue weighted by Gasteiger charge is 2.30. The summed E-state index contributed by atoms with van der Waals surface area (Å²) in [5.41, 5.74) is 0. The van der Waals surface area contributed by atoms with Crippen molar-refractivity contribution in [2.75, 3.05) is 0 Å². The third-order valence-corrected chi connectivity index (χ3v) is 5.66. The van der Waals surface area contributed by atoms with Crippen molar-refractivity contribution in [2.24, 2.45) is 23.7 Å². The first kappa shape index (κ1) is 17.1. The Labute approximate surface area is 122 Å². The third kappa shape index (κ3) is 5.88. The van der Waals surface area contributed by atoms with Crippen LogP contribution in [0.15, 0.2) is 0 Å². The van der Waals surface area contributed by atoms with Crippen molar-refractivity contribution >= 4 is 0 Å². The van der Waals surface area contributed by atoms with Crippen molar-refractivity contribution < 1.29 is 0 Å². The molecule has 1 saturated carbocycles. The number of rotatable bonds is 10. The van der Waals surface area contributed by atoms with E-state index < -0.39 is 0 Å². The van der Waals surface area contributed by atoms with Crippen LogP contribution in [-0.2, 0) is 0 Å². The van der Waals surface area contributed by atoms with Crippen LogP contribution in [0.1, 0.15) is 98.3 Å². The summed E-state index contributed by atoms with van der Waals surface area (Å²) in [7, 11) is 0. The van der Waals surface area contributed by atoms with Crippen LogP contribution in [0.25, 0.3) is 0 Å². The quantitative estimate of drug-likeness (QED) is 0.406. The average Bonchev–Trinajstić information content (AvgIpc) is 2.90. The van der Waals surface area contributed by atoms with Gasteiger partial charge in [-0.3, -0.25) is 0 Å². The van der Waals surface area contributed by atoms with E-state index in [-0.39, 0.29) is 0 Å². The zero-order chi connectivity index (χ0) is 14.1. The summed E-state index contributed by atoms with van der Waals surface area (Å²) in [6.07, 6.45) is 16.2. The Kier molecular flexibility index (Phi) is 8.83. The van der Waals surface area contributed by atoms with Crippen LogP contribution >= 0.6 is 0 Å². The van der Waals surface area contributed by atoms with Gasteiger partial charge in [0.2, 0.25) is 0 Å². The molecule has 0 saturated heterocycles. The molecule has 3 atom stereocenters. The lowest BCUT2D eigenvalue weighted by Crippen LogP contribution is -2.16. The summed E-state index contributed by atoms with van der Waals surface area (Å²) < 4.78 is 0. The van der Waals surface area contributed by atoms with Crippen LogP contribution < -0.4 is 0 Å². The highest BCUT2D eigenvalue weighted by atomic mass is 14.4. The van der Waals surface area contributed by atoms with Crippen LogP contribution in [-0.4, -0.2) is 0 Å².